The zero-order valence-corrected chi connectivity index (χ0v) is 19.9. The van der Waals surface area contributed by atoms with E-state index in [1.165, 1.54) is 25.3 Å². The molecule has 0 radical (unpaired) electrons. The fourth-order valence-corrected chi connectivity index (χ4v) is 4.60. The smallest absolute Gasteiger partial charge is 0.436 e. The molecule has 2 aromatic carbocycles. The summed E-state index contributed by atoms with van der Waals surface area (Å²) in [5.74, 6) is -0.270. The molecule has 4 rings (SSSR count). The second kappa shape index (κ2) is 10.0. The lowest BCUT2D eigenvalue weighted by molar-refractivity contribution is -0.142. The highest BCUT2D eigenvalue weighted by Crippen LogP contribution is 2.41. The maximum Gasteiger partial charge on any atom is 0.436 e. The Hall–Kier alpha value is -2.82. The number of methoxy groups -OCH3 is 1. The van der Waals surface area contributed by atoms with Crippen LogP contribution in [0.3, 0.4) is 0 Å². The van der Waals surface area contributed by atoms with Crippen LogP contribution in [0.2, 0.25) is 10.0 Å². The monoisotopic (exact) mass is 530 g/mol. The quantitative estimate of drug-likeness (QED) is 0.309. The standard InChI is InChI=1S/C23H20Cl2F4N4O2/c1-35-18-12-14(6-7-16(18)24)31-8-10-32(11-9-31)19(13-34)33-21(15-4-2-3-5-17(15)26)20(25)22(30-33)23(27,28)29/h2-7,12-13,19H,8-11H2,1H3. The van der Waals surface area contributed by atoms with Gasteiger partial charge in [0.1, 0.15) is 11.6 Å². The molecule has 35 heavy (non-hydrogen) atoms. The zero-order valence-electron chi connectivity index (χ0n) is 18.4. The van der Waals surface area contributed by atoms with E-state index >= 15 is 0 Å². The average molecular weight is 531 g/mol. The van der Waals surface area contributed by atoms with Crippen molar-refractivity contribution in [3.63, 3.8) is 0 Å². The first-order valence-electron chi connectivity index (χ1n) is 10.5. The van der Waals surface area contributed by atoms with Crippen molar-refractivity contribution in [3.8, 4) is 17.0 Å². The van der Waals surface area contributed by atoms with E-state index in [4.69, 9.17) is 27.9 Å². The fraction of sp³-hybridized carbons (Fsp3) is 0.304. The summed E-state index contributed by atoms with van der Waals surface area (Å²) in [7, 11) is 1.51. The Morgan fingerprint density at radius 3 is 2.37 bits per heavy atom. The molecule has 1 aromatic heterocycles. The number of alkyl halides is 3. The summed E-state index contributed by atoms with van der Waals surface area (Å²) in [6.45, 7) is 1.57. The molecule has 0 bridgehead atoms. The number of rotatable bonds is 6. The Bertz CT molecular complexity index is 1230. The van der Waals surface area contributed by atoms with Gasteiger partial charge in [0.2, 0.25) is 0 Å². The minimum absolute atomic E-state index is 0.181. The van der Waals surface area contributed by atoms with Gasteiger partial charge in [0, 0.05) is 43.5 Å². The number of aromatic nitrogens is 2. The van der Waals surface area contributed by atoms with E-state index in [2.05, 4.69) is 5.10 Å². The van der Waals surface area contributed by atoms with Crippen molar-refractivity contribution < 1.29 is 27.1 Å². The Labute approximate surface area is 208 Å². The van der Waals surface area contributed by atoms with E-state index in [9.17, 15) is 22.4 Å². The van der Waals surface area contributed by atoms with Crippen molar-refractivity contribution in [1.82, 2.24) is 14.7 Å². The maximum atomic E-state index is 14.6. The Morgan fingerprint density at radius 2 is 1.77 bits per heavy atom. The van der Waals surface area contributed by atoms with E-state index in [-0.39, 0.29) is 11.3 Å². The fourth-order valence-electron chi connectivity index (χ4n) is 4.07. The largest absolute Gasteiger partial charge is 0.495 e. The molecular formula is C23H20Cl2F4N4O2. The van der Waals surface area contributed by atoms with Crippen molar-refractivity contribution in [1.29, 1.82) is 0 Å². The number of halogens is 6. The Balaban J connectivity index is 1.66. The average Bonchev–Trinajstić information content (AvgIpc) is 3.18. The predicted molar refractivity (Wildman–Crippen MR) is 125 cm³/mol. The third kappa shape index (κ3) is 4.96. The molecule has 6 nitrogen and oxygen atoms in total. The summed E-state index contributed by atoms with van der Waals surface area (Å²) < 4.78 is 61.5. The highest BCUT2D eigenvalue weighted by Gasteiger charge is 2.41. The number of carbonyl (C=O) groups excluding carboxylic acids is 1. The van der Waals surface area contributed by atoms with Crippen LogP contribution in [0.15, 0.2) is 42.5 Å². The molecule has 1 aliphatic heterocycles. The van der Waals surface area contributed by atoms with Gasteiger partial charge < -0.3 is 9.64 Å². The number of carbonyl (C=O) groups is 1. The van der Waals surface area contributed by atoms with Gasteiger partial charge >= 0.3 is 6.18 Å². The third-order valence-corrected chi connectivity index (χ3v) is 6.48. The van der Waals surface area contributed by atoms with E-state index in [1.807, 2.05) is 11.0 Å². The molecule has 186 valence electrons. The lowest BCUT2D eigenvalue weighted by Gasteiger charge is -2.38. The van der Waals surface area contributed by atoms with Crippen molar-refractivity contribution in [2.75, 3.05) is 38.2 Å². The third-order valence-electron chi connectivity index (χ3n) is 5.81. The molecule has 0 N–H and O–H groups in total. The van der Waals surface area contributed by atoms with E-state index in [1.54, 1.807) is 17.0 Å². The summed E-state index contributed by atoms with van der Waals surface area (Å²) in [6, 6.07) is 10.6. The summed E-state index contributed by atoms with van der Waals surface area (Å²) in [5, 5.41) is 3.33. The first kappa shape index (κ1) is 25.3. The predicted octanol–water partition coefficient (Wildman–Crippen LogP) is 5.54. The van der Waals surface area contributed by atoms with Crippen molar-refractivity contribution in [2.24, 2.45) is 0 Å². The van der Waals surface area contributed by atoms with Crippen LogP contribution in [0.25, 0.3) is 11.3 Å². The van der Waals surface area contributed by atoms with Crippen LogP contribution in [-0.2, 0) is 11.0 Å². The number of benzene rings is 2. The van der Waals surface area contributed by atoms with Gasteiger partial charge in [0.15, 0.2) is 18.1 Å². The topological polar surface area (TPSA) is 50.6 Å². The first-order chi connectivity index (χ1) is 16.7. The second-order valence-corrected chi connectivity index (χ2v) is 8.61. The van der Waals surface area contributed by atoms with E-state index < -0.39 is 28.9 Å². The van der Waals surface area contributed by atoms with Crippen molar-refractivity contribution in [3.05, 3.63) is 64.0 Å². The lowest BCUT2D eigenvalue weighted by Crippen LogP contribution is -2.49. The molecule has 1 fully saturated rings. The summed E-state index contributed by atoms with van der Waals surface area (Å²) in [6.07, 6.45) is -5.63. The molecule has 0 spiro atoms. The van der Waals surface area contributed by atoms with Gasteiger partial charge in [-0.1, -0.05) is 35.3 Å². The molecule has 2 heterocycles. The highest BCUT2D eigenvalue weighted by atomic mass is 35.5. The minimum atomic E-state index is -4.89. The zero-order chi connectivity index (χ0) is 25.3. The highest BCUT2D eigenvalue weighted by molar-refractivity contribution is 6.34. The normalized spacial score (nSPS) is 15.8. The molecular weight excluding hydrogens is 511 g/mol. The van der Waals surface area contributed by atoms with Gasteiger partial charge in [-0.2, -0.15) is 18.3 Å². The molecule has 1 atom stereocenters. The molecule has 1 aliphatic rings. The Kier molecular flexibility index (Phi) is 7.25. The molecule has 0 saturated carbocycles. The molecule has 3 aromatic rings. The first-order valence-corrected chi connectivity index (χ1v) is 11.3. The van der Waals surface area contributed by atoms with E-state index in [0.717, 1.165) is 16.4 Å². The summed E-state index contributed by atoms with van der Waals surface area (Å²) in [5.41, 5.74) is -1.02. The lowest BCUT2D eigenvalue weighted by atomic mass is 10.1. The summed E-state index contributed by atoms with van der Waals surface area (Å²) in [4.78, 5) is 15.9. The number of nitrogens with zero attached hydrogens (tertiary/aromatic N) is 4. The van der Waals surface area contributed by atoms with Gasteiger partial charge in [-0.3, -0.25) is 9.69 Å². The van der Waals surface area contributed by atoms with Crippen molar-refractivity contribution in [2.45, 2.75) is 12.3 Å². The number of hydrogen-bond donors (Lipinski definition) is 0. The molecule has 1 unspecified atom stereocenters. The second-order valence-electron chi connectivity index (χ2n) is 7.82. The van der Waals surface area contributed by atoms with Crippen LogP contribution < -0.4 is 9.64 Å². The van der Waals surface area contributed by atoms with Crippen LogP contribution in [0, 0.1) is 5.82 Å². The molecule has 0 amide bonds. The molecule has 0 aliphatic carbocycles. The van der Waals surface area contributed by atoms with E-state index in [0.29, 0.717) is 43.2 Å². The van der Waals surface area contributed by atoms with Gasteiger partial charge in [-0.05, 0) is 24.3 Å². The van der Waals surface area contributed by atoms with Crippen LogP contribution in [0.1, 0.15) is 11.9 Å². The molecule has 1 saturated heterocycles. The number of piperazine rings is 1. The number of ether oxygens (including phenoxy) is 1. The SMILES string of the molecule is COc1cc(N2CCN(C(C=O)n3nc(C(F)(F)F)c(Cl)c3-c3ccccc3F)CC2)ccc1Cl. The molecule has 12 heteroatoms. The number of anilines is 1. The van der Waals surface area contributed by atoms with Crippen LogP contribution in [-0.4, -0.2) is 54.3 Å². The van der Waals surface area contributed by atoms with Gasteiger partial charge in [0.25, 0.3) is 0 Å². The van der Waals surface area contributed by atoms with Crippen LogP contribution in [0.5, 0.6) is 5.75 Å². The maximum absolute atomic E-state index is 14.6. The Morgan fingerprint density at radius 1 is 1.09 bits per heavy atom. The van der Waals surface area contributed by atoms with Crippen LogP contribution >= 0.6 is 23.2 Å². The van der Waals surface area contributed by atoms with Gasteiger partial charge in [-0.25, -0.2) is 9.07 Å². The minimum Gasteiger partial charge on any atom is -0.495 e. The number of hydrogen-bond acceptors (Lipinski definition) is 5. The number of aldehydes is 1. The summed E-state index contributed by atoms with van der Waals surface area (Å²) >= 11 is 12.2. The van der Waals surface area contributed by atoms with Crippen LogP contribution in [0.4, 0.5) is 23.2 Å². The van der Waals surface area contributed by atoms with Gasteiger partial charge in [0.05, 0.1) is 22.8 Å². The van der Waals surface area contributed by atoms with Gasteiger partial charge in [-0.15, -0.1) is 0 Å². The van der Waals surface area contributed by atoms with Crippen molar-refractivity contribution >= 4 is 35.2 Å².